The number of likely N-dealkylation sites (N-methyl/N-ethyl adjacent to an activating group) is 1. The summed E-state index contributed by atoms with van der Waals surface area (Å²) in [5.41, 5.74) is 1.56. The van der Waals surface area contributed by atoms with Gasteiger partial charge < -0.3 is 10.2 Å². The van der Waals surface area contributed by atoms with Gasteiger partial charge >= 0.3 is 0 Å². The summed E-state index contributed by atoms with van der Waals surface area (Å²) in [5.74, 6) is 0. The summed E-state index contributed by atoms with van der Waals surface area (Å²) >= 11 is 5.54. The summed E-state index contributed by atoms with van der Waals surface area (Å²) in [6.45, 7) is 2.45. The smallest absolute Gasteiger partial charge is 0.0704 e. The minimum atomic E-state index is 0.595. The van der Waals surface area contributed by atoms with Crippen LogP contribution in [0.25, 0.3) is 0 Å². The van der Waals surface area contributed by atoms with E-state index >= 15 is 0 Å². The fourth-order valence-electron chi connectivity index (χ4n) is 3.05. The van der Waals surface area contributed by atoms with Crippen molar-refractivity contribution in [1.29, 1.82) is 0 Å². The monoisotopic (exact) mass is 314 g/mol. The topological polar surface area (TPSA) is 15.3 Å². The van der Waals surface area contributed by atoms with Crippen LogP contribution in [0.2, 0.25) is 0 Å². The second-order valence-corrected chi connectivity index (χ2v) is 7.80. The van der Waals surface area contributed by atoms with Gasteiger partial charge in [-0.15, -0.1) is 11.3 Å². The van der Waals surface area contributed by atoms with Crippen molar-refractivity contribution in [2.75, 3.05) is 20.1 Å². The number of halogens is 1. The van der Waals surface area contributed by atoms with Gasteiger partial charge in [-0.25, -0.2) is 0 Å². The van der Waals surface area contributed by atoms with Gasteiger partial charge in [0.25, 0.3) is 0 Å². The first-order chi connectivity index (χ1) is 8.22. The van der Waals surface area contributed by atoms with Gasteiger partial charge in [-0.3, -0.25) is 0 Å². The number of thiophene rings is 1. The minimum Gasteiger partial charge on any atom is -0.306 e. The second-order valence-electron chi connectivity index (χ2n) is 5.29. The predicted molar refractivity (Wildman–Crippen MR) is 76.7 cm³/mol. The van der Waals surface area contributed by atoms with E-state index < -0.39 is 0 Å². The molecule has 2 atom stereocenters. The Labute approximate surface area is 116 Å². The number of rotatable bonds is 2. The normalized spacial score (nSPS) is 29.5. The summed E-state index contributed by atoms with van der Waals surface area (Å²) < 4.78 is 1.29. The number of aryl methyl sites for hydroxylation is 1. The maximum absolute atomic E-state index is 3.86. The van der Waals surface area contributed by atoms with Crippen LogP contribution in [0.5, 0.6) is 0 Å². The van der Waals surface area contributed by atoms with E-state index in [1.807, 2.05) is 11.3 Å². The van der Waals surface area contributed by atoms with Crippen molar-refractivity contribution in [2.45, 2.75) is 37.8 Å². The Bertz CT molecular complexity index is 404. The molecule has 0 spiro atoms. The largest absolute Gasteiger partial charge is 0.306 e. The summed E-state index contributed by atoms with van der Waals surface area (Å²) in [6, 6.07) is 3.61. The first kappa shape index (κ1) is 12.2. The highest BCUT2D eigenvalue weighted by atomic mass is 79.9. The molecule has 1 aliphatic heterocycles. The van der Waals surface area contributed by atoms with Crippen LogP contribution >= 0.6 is 27.3 Å². The quantitative estimate of drug-likeness (QED) is 0.902. The average Bonchev–Trinajstić information content (AvgIpc) is 2.84. The SMILES string of the molecule is CN1CCC(NC2CCCc3sc(Br)cc32)C1. The third-order valence-corrected chi connectivity index (χ3v) is 5.63. The van der Waals surface area contributed by atoms with Crippen molar-refractivity contribution in [3.63, 3.8) is 0 Å². The molecule has 0 aromatic carbocycles. The van der Waals surface area contributed by atoms with Crippen LogP contribution in [0, 0.1) is 0 Å². The molecule has 2 aliphatic rings. The molecule has 1 aliphatic carbocycles. The van der Waals surface area contributed by atoms with Crippen LogP contribution in [-0.4, -0.2) is 31.1 Å². The van der Waals surface area contributed by atoms with E-state index in [2.05, 4.69) is 39.3 Å². The number of nitrogens with one attached hydrogen (secondary N) is 1. The highest BCUT2D eigenvalue weighted by Crippen LogP contribution is 2.38. The first-order valence-corrected chi connectivity index (χ1v) is 8.06. The maximum atomic E-state index is 3.86. The Morgan fingerprint density at radius 3 is 3.12 bits per heavy atom. The molecule has 0 amide bonds. The highest BCUT2D eigenvalue weighted by molar-refractivity contribution is 9.11. The number of fused-ring (bicyclic) bond motifs is 1. The Morgan fingerprint density at radius 1 is 1.47 bits per heavy atom. The summed E-state index contributed by atoms with van der Waals surface area (Å²) in [6.07, 6.45) is 5.21. The van der Waals surface area contributed by atoms with Gasteiger partial charge in [-0.1, -0.05) is 0 Å². The van der Waals surface area contributed by atoms with E-state index in [1.165, 1.54) is 42.6 Å². The van der Waals surface area contributed by atoms with Crippen molar-refractivity contribution in [2.24, 2.45) is 0 Å². The van der Waals surface area contributed by atoms with Crippen LogP contribution in [0.15, 0.2) is 9.85 Å². The number of likely N-dealkylation sites (tertiary alicyclic amines) is 1. The molecule has 1 saturated heterocycles. The zero-order valence-electron chi connectivity index (χ0n) is 10.2. The zero-order chi connectivity index (χ0) is 11.8. The summed E-state index contributed by atoms with van der Waals surface area (Å²) in [5, 5.41) is 3.86. The van der Waals surface area contributed by atoms with E-state index in [4.69, 9.17) is 0 Å². The summed E-state index contributed by atoms with van der Waals surface area (Å²) in [7, 11) is 2.22. The molecule has 2 unspecified atom stereocenters. The molecule has 2 heterocycles. The molecular formula is C13H19BrN2S. The van der Waals surface area contributed by atoms with E-state index in [-0.39, 0.29) is 0 Å². The van der Waals surface area contributed by atoms with Crippen molar-refractivity contribution >= 4 is 27.3 Å². The Balaban J connectivity index is 1.72. The average molecular weight is 315 g/mol. The third-order valence-electron chi connectivity index (χ3n) is 3.91. The lowest BCUT2D eigenvalue weighted by Gasteiger charge is -2.27. The number of nitrogens with zero attached hydrogens (tertiary/aromatic N) is 1. The maximum Gasteiger partial charge on any atom is 0.0704 e. The van der Waals surface area contributed by atoms with E-state index in [9.17, 15) is 0 Å². The van der Waals surface area contributed by atoms with Crippen LogP contribution < -0.4 is 5.32 Å². The van der Waals surface area contributed by atoms with Crippen LogP contribution in [0.3, 0.4) is 0 Å². The van der Waals surface area contributed by atoms with Crippen LogP contribution in [0.4, 0.5) is 0 Å². The molecule has 1 aromatic rings. The van der Waals surface area contributed by atoms with Crippen molar-refractivity contribution in [3.8, 4) is 0 Å². The molecule has 0 bridgehead atoms. The minimum absolute atomic E-state index is 0.595. The first-order valence-electron chi connectivity index (χ1n) is 6.45. The predicted octanol–water partition coefficient (Wildman–Crippen LogP) is 3.18. The molecule has 4 heteroatoms. The molecule has 1 aromatic heterocycles. The van der Waals surface area contributed by atoms with Gasteiger partial charge in [0, 0.05) is 23.5 Å². The fourth-order valence-corrected chi connectivity index (χ4v) is 4.87. The Hall–Kier alpha value is 0.100. The number of hydrogen-bond donors (Lipinski definition) is 1. The molecule has 3 rings (SSSR count). The van der Waals surface area contributed by atoms with E-state index in [0.717, 1.165) is 0 Å². The molecule has 1 fully saturated rings. The molecule has 0 saturated carbocycles. The standard InChI is InChI=1S/C13H19BrN2S/c1-16-6-5-9(8-16)15-11-3-2-4-12-10(11)7-13(14)17-12/h7,9,11,15H,2-6,8H2,1H3. The molecule has 17 heavy (non-hydrogen) atoms. The van der Waals surface area contributed by atoms with Gasteiger partial charge in [0.15, 0.2) is 0 Å². The highest BCUT2D eigenvalue weighted by Gasteiger charge is 2.27. The molecular weight excluding hydrogens is 296 g/mol. The lowest BCUT2D eigenvalue weighted by Crippen LogP contribution is -2.35. The molecule has 1 N–H and O–H groups in total. The van der Waals surface area contributed by atoms with Crippen molar-refractivity contribution in [3.05, 3.63) is 20.3 Å². The van der Waals surface area contributed by atoms with Gasteiger partial charge in [0.1, 0.15) is 0 Å². The van der Waals surface area contributed by atoms with Gasteiger partial charge in [-0.05, 0) is 66.8 Å². The zero-order valence-corrected chi connectivity index (χ0v) is 12.6. The number of hydrogen-bond acceptors (Lipinski definition) is 3. The fraction of sp³-hybridized carbons (Fsp3) is 0.692. The van der Waals surface area contributed by atoms with Gasteiger partial charge in [0.05, 0.1) is 3.79 Å². The van der Waals surface area contributed by atoms with Crippen LogP contribution in [0.1, 0.15) is 35.7 Å². The molecule has 2 nitrogen and oxygen atoms in total. The summed E-state index contributed by atoms with van der Waals surface area (Å²) in [4.78, 5) is 4.01. The van der Waals surface area contributed by atoms with Crippen LogP contribution in [-0.2, 0) is 6.42 Å². The Kier molecular flexibility index (Phi) is 3.57. The van der Waals surface area contributed by atoms with E-state index in [1.54, 1.807) is 10.4 Å². The third kappa shape index (κ3) is 2.60. The van der Waals surface area contributed by atoms with Crippen molar-refractivity contribution in [1.82, 2.24) is 10.2 Å². The lowest BCUT2D eigenvalue weighted by molar-refractivity contribution is 0.367. The molecule has 0 radical (unpaired) electrons. The second kappa shape index (κ2) is 5.00. The lowest BCUT2D eigenvalue weighted by atomic mass is 9.93. The Morgan fingerprint density at radius 2 is 2.35 bits per heavy atom. The van der Waals surface area contributed by atoms with E-state index in [0.29, 0.717) is 12.1 Å². The molecule has 94 valence electrons. The van der Waals surface area contributed by atoms with Crippen molar-refractivity contribution < 1.29 is 0 Å². The van der Waals surface area contributed by atoms with Gasteiger partial charge in [0.2, 0.25) is 0 Å². The van der Waals surface area contributed by atoms with Gasteiger partial charge in [-0.2, -0.15) is 0 Å².